The van der Waals surface area contributed by atoms with Crippen molar-refractivity contribution in [2.75, 3.05) is 26.7 Å². The largest absolute Gasteiger partial charge is 0.487 e. The molecule has 0 amide bonds. The van der Waals surface area contributed by atoms with Gasteiger partial charge in [-0.3, -0.25) is 0 Å². The summed E-state index contributed by atoms with van der Waals surface area (Å²) in [6.45, 7) is 6.48. The van der Waals surface area contributed by atoms with E-state index in [1.165, 1.54) is 0 Å². The van der Waals surface area contributed by atoms with Crippen molar-refractivity contribution in [3.8, 4) is 5.75 Å². The number of nitrogens with zero attached hydrogens (tertiary/aromatic N) is 2. The number of para-hydroxylation sites is 1. The topological polar surface area (TPSA) is 49.9 Å². The lowest BCUT2D eigenvalue weighted by Gasteiger charge is -2.32. The van der Waals surface area contributed by atoms with E-state index in [2.05, 4.69) is 25.8 Å². The molecule has 128 valence electrons. The monoisotopic (exact) mass is 338 g/mol. The average molecular weight is 338 g/mol. The molecule has 1 fully saturated rings. The molecule has 0 aliphatic carbocycles. The van der Waals surface area contributed by atoms with Crippen molar-refractivity contribution in [3.63, 3.8) is 0 Å². The van der Waals surface area contributed by atoms with Crippen molar-refractivity contribution in [1.29, 1.82) is 0 Å². The van der Waals surface area contributed by atoms with Crippen LogP contribution in [-0.2, 0) is 10.0 Å². The van der Waals surface area contributed by atoms with Crippen LogP contribution in [0.25, 0.3) is 0 Å². The Morgan fingerprint density at radius 3 is 2.65 bits per heavy atom. The third kappa shape index (κ3) is 3.25. The van der Waals surface area contributed by atoms with E-state index in [0.29, 0.717) is 17.2 Å². The smallest absolute Gasteiger partial charge is 0.247 e. The summed E-state index contributed by atoms with van der Waals surface area (Å²) in [6, 6.07) is 6.94. The third-order valence-electron chi connectivity index (χ3n) is 4.66. The minimum atomic E-state index is -3.53. The van der Waals surface area contributed by atoms with Crippen LogP contribution in [0.5, 0.6) is 5.75 Å². The Balaban J connectivity index is 2.09. The molecule has 2 heterocycles. The van der Waals surface area contributed by atoms with Gasteiger partial charge in [-0.2, -0.15) is 4.31 Å². The van der Waals surface area contributed by atoms with Gasteiger partial charge in [0.2, 0.25) is 10.0 Å². The van der Waals surface area contributed by atoms with Crippen LogP contribution >= 0.6 is 0 Å². The van der Waals surface area contributed by atoms with Crippen molar-refractivity contribution >= 4 is 10.0 Å². The van der Waals surface area contributed by atoms with Crippen LogP contribution in [0.3, 0.4) is 0 Å². The van der Waals surface area contributed by atoms with Gasteiger partial charge in [0, 0.05) is 13.1 Å². The van der Waals surface area contributed by atoms with Gasteiger partial charge in [-0.05, 0) is 44.5 Å². The molecule has 0 unspecified atom stereocenters. The molecule has 0 spiro atoms. The van der Waals surface area contributed by atoms with Gasteiger partial charge in [-0.25, -0.2) is 8.42 Å². The summed E-state index contributed by atoms with van der Waals surface area (Å²) in [7, 11) is -1.44. The molecule has 0 saturated carbocycles. The summed E-state index contributed by atoms with van der Waals surface area (Å²) in [5.41, 5.74) is 0. The fourth-order valence-electron chi connectivity index (χ4n) is 3.48. The minimum Gasteiger partial charge on any atom is -0.487 e. The van der Waals surface area contributed by atoms with E-state index in [1.807, 2.05) is 6.07 Å². The number of fused-ring (bicyclic) bond motifs is 2. The Labute approximate surface area is 139 Å². The van der Waals surface area contributed by atoms with E-state index in [1.54, 1.807) is 22.5 Å². The van der Waals surface area contributed by atoms with Crippen molar-refractivity contribution < 1.29 is 13.2 Å². The first-order chi connectivity index (χ1) is 10.9. The van der Waals surface area contributed by atoms with E-state index in [0.717, 1.165) is 25.9 Å². The number of ether oxygens (including phenoxy) is 1. The summed E-state index contributed by atoms with van der Waals surface area (Å²) < 4.78 is 34.4. The first-order valence-corrected chi connectivity index (χ1v) is 9.79. The predicted molar refractivity (Wildman–Crippen MR) is 90.1 cm³/mol. The summed E-state index contributed by atoms with van der Waals surface area (Å²) in [6.07, 6.45) is 1.57. The first kappa shape index (κ1) is 16.7. The molecule has 2 aliphatic rings. The van der Waals surface area contributed by atoms with Gasteiger partial charge in [0.15, 0.2) is 0 Å². The molecular formula is C17H26N2O3S. The van der Waals surface area contributed by atoms with Gasteiger partial charge in [-0.15, -0.1) is 0 Å². The second-order valence-corrected chi connectivity index (χ2v) is 8.88. The zero-order chi connectivity index (χ0) is 16.6. The number of sulfonamides is 1. The van der Waals surface area contributed by atoms with Gasteiger partial charge in [0.1, 0.15) is 16.7 Å². The second-order valence-electron chi connectivity index (χ2n) is 7.02. The van der Waals surface area contributed by atoms with Crippen molar-refractivity contribution in [2.45, 2.75) is 43.7 Å². The van der Waals surface area contributed by atoms with Crippen LogP contribution in [0, 0.1) is 5.92 Å². The molecular weight excluding hydrogens is 312 g/mol. The Morgan fingerprint density at radius 2 is 1.91 bits per heavy atom. The maximum atomic E-state index is 13.2. The Kier molecular flexibility index (Phi) is 4.67. The van der Waals surface area contributed by atoms with Crippen LogP contribution in [0.15, 0.2) is 29.2 Å². The molecule has 0 N–H and O–H groups in total. The second kappa shape index (κ2) is 6.42. The van der Waals surface area contributed by atoms with E-state index < -0.39 is 10.0 Å². The van der Waals surface area contributed by atoms with Crippen molar-refractivity contribution in [3.05, 3.63) is 24.3 Å². The number of rotatable bonds is 2. The predicted octanol–water partition coefficient (Wildman–Crippen LogP) is 2.19. The van der Waals surface area contributed by atoms with Gasteiger partial charge in [0.05, 0.1) is 6.04 Å². The molecule has 23 heavy (non-hydrogen) atoms. The standard InChI is InChI=1S/C17H26N2O3S/c1-13(2)12-19-14-8-10-18(3)11-9-15(14)22-16-6-4-5-7-17(16)23(19,20)21/h4-7,13-15H,8-12H2,1-3H3/t14-,15-/m1/s1. The van der Waals surface area contributed by atoms with Crippen LogP contribution in [0.1, 0.15) is 26.7 Å². The normalized spacial score (nSPS) is 28.3. The van der Waals surface area contributed by atoms with Crippen molar-refractivity contribution in [2.24, 2.45) is 5.92 Å². The number of likely N-dealkylation sites (tertiary alicyclic amines) is 1. The molecule has 0 radical (unpaired) electrons. The molecule has 1 aromatic carbocycles. The van der Waals surface area contributed by atoms with E-state index >= 15 is 0 Å². The fraction of sp³-hybridized carbons (Fsp3) is 0.647. The van der Waals surface area contributed by atoms with Gasteiger partial charge < -0.3 is 9.64 Å². The Morgan fingerprint density at radius 1 is 1.22 bits per heavy atom. The maximum Gasteiger partial charge on any atom is 0.247 e. The lowest BCUT2D eigenvalue weighted by molar-refractivity contribution is 0.108. The number of hydrogen-bond donors (Lipinski definition) is 0. The SMILES string of the molecule is CC(C)CN1[C@@H]2CCN(C)CC[C@H]2Oc2ccccc2S1(=O)=O. The number of hydrogen-bond acceptors (Lipinski definition) is 4. The highest BCUT2D eigenvalue weighted by Crippen LogP contribution is 2.36. The molecule has 1 aromatic rings. The molecule has 6 heteroatoms. The zero-order valence-electron chi connectivity index (χ0n) is 14.1. The minimum absolute atomic E-state index is 0.0860. The molecule has 2 atom stereocenters. The highest BCUT2D eigenvalue weighted by atomic mass is 32.2. The quantitative estimate of drug-likeness (QED) is 0.829. The zero-order valence-corrected chi connectivity index (χ0v) is 14.9. The fourth-order valence-corrected chi connectivity index (χ4v) is 5.44. The third-order valence-corrected chi connectivity index (χ3v) is 6.59. The Bertz CT molecular complexity index is 660. The number of benzene rings is 1. The summed E-state index contributed by atoms with van der Waals surface area (Å²) in [5, 5.41) is 0. The molecule has 0 bridgehead atoms. The maximum absolute atomic E-state index is 13.2. The summed E-state index contributed by atoms with van der Waals surface area (Å²) in [4.78, 5) is 2.56. The molecule has 0 aromatic heterocycles. The summed E-state index contributed by atoms with van der Waals surface area (Å²) in [5.74, 6) is 0.773. The molecule has 1 saturated heterocycles. The molecule has 2 aliphatic heterocycles. The van der Waals surface area contributed by atoms with Crippen LogP contribution in [-0.4, -0.2) is 56.5 Å². The van der Waals surface area contributed by atoms with Crippen LogP contribution < -0.4 is 4.74 Å². The van der Waals surface area contributed by atoms with Crippen molar-refractivity contribution in [1.82, 2.24) is 9.21 Å². The highest BCUT2D eigenvalue weighted by molar-refractivity contribution is 7.89. The lowest BCUT2D eigenvalue weighted by Crippen LogP contribution is -2.48. The first-order valence-electron chi connectivity index (χ1n) is 8.35. The average Bonchev–Trinajstić information content (AvgIpc) is 2.71. The van der Waals surface area contributed by atoms with E-state index in [-0.39, 0.29) is 18.1 Å². The van der Waals surface area contributed by atoms with E-state index in [9.17, 15) is 8.42 Å². The molecule has 3 rings (SSSR count). The van der Waals surface area contributed by atoms with Gasteiger partial charge in [0.25, 0.3) is 0 Å². The highest BCUT2D eigenvalue weighted by Gasteiger charge is 2.42. The van der Waals surface area contributed by atoms with E-state index in [4.69, 9.17) is 4.74 Å². The van der Waals surface area contributed by atoms with Gasteiger partial charge in [-0.1, -0.05) is 26.0 Å². The van der Waals surface area contributed by atoms with Gasteiger partial charge >= 0.3 is 0 Å². The van der Waals surface area contributed by atoms with Crippen LogP contribution in [0.4, 0.5) is 0 Å². The Hall–Kier alpha value is -1.11. The van der Waals surface area contributed by atoms with Crippen LogP contribution in [0.2, 0.25) is 0 Å². The summed E-state index contributed by atoms with van der Waals surface area (Å²) >= 11 is 0. The molecule has 5 nitrogen and oxygen atoms in total. The lowest BCUT2D eigenvalue weighted by atomic mass is 10.0.